The summed E-state index contributed by atoms with van der Waals surface area (Å²) in [6.45, 7) is 8.36. The Morgan fingerprint density at radius 1 is 1.08 bits per heavy atom. The van der Waals surface area contributed by atoms with Crippen molar-refractivity contribution in [2.45, 2.75) is 20.0 Å². The number of hydrogen-bond donors (Lipinski definition) is 1. The van der Waals surface area contributed by atoms with E-state index >= 15 is 0 Å². The van der Waals surface area contributed by atoms with Crippen LogP contribution in [0.4, 0.5) is 0 Å². The number of benzene rings is 2. The normalized spacial score (nSPS) is 15.4. The lowest BCUT2D eigenvalue weighted by Crippen LogP contribution is -2.44. The first-order valence-corrected chi connectivity index (χ1v) is 9.40. The quantitative estimate of drug-likeness (QED) is 0.814. The Balaban J connectivity index is 1.60. The third-order valence-corrected chi connectivity index (χ3v) is 5.03. The Bertz CT molecular complexity index is 631. The molecule has 3 nitrogen and oxygen atoms in total. The van der Waals surface area contributed by atoms with E-state index in [9.17, 15) is 0 Å². The van der Waals surface area contributed by atoms with Gasteiger partial charge in [0.15, 0.2) is 0 Å². The van der Waals surface area contributed by atoms with Crippen LogP contribution in [0.1, 0.15) is 16.7 Å². The maximum Gasteiger partial charge on any atom is 0.136 e. The van der Waals surface area contributed by atoms with Crippen LogP contribution in [-0.4, -0.2) is 37.6 Å². The van der Waals surface area contributed by atoms with Crippen LogP contribution in [0.3, 0.4) is 0 Å². The lowest BCUT2D eigenvalue weighted by atomic mass is 10.1. The van der Waals surface area contributed by atoms with Crippen LogP contribution in [-0.2, 0) is 13.0 Å². The number of nitrogens with zero attached hydrogens (tertiary/aromatic N) is 1. The highest BCUT2D eigenvalue weighted by Gasteiger charge is 2.12. The molecule has 0 bridgehead atoms. The zero-order valence-electron chi connectivity index (χ0n) is 14.2. The van der Waals surface area contributed by atoms with Crippen LogP contribution in [0, 0.1) is 6.92 Å². The van der Waals surface area contributed by atoms with E-state index in [0.29, 0.717) is 6.61 Å². The number of nitrogens with one attached hydrogen (secondary N) is 1. The summed E-state index contributed by atoms with van der Waals surface area (Å²) >= 11 is 3.69. The van der Waals surface area contributed by atoms with E-state index in [-0.39, 0.29) is 0 Å². The van der Waals surface area contributed by atoms with Crippen molar-refractivity contribution in [2.24, 2.45) is 0 Å². The minimum atomic E-state index is 0.598. The number of ether oxygens (including phenoxy) is 1. The molecule has 0 radical (unpaired) electrons. The first-order valence-electron chi connectivity index (χ1n) is 8.61. The Labute approximate surface area is 153 Å². The molecule has 4 heteroatoms. The summed E-state index contributed by atoms with van der Waals surface area (Å²) in [4.78, 5) is 2.53. The molecule has 0 atom stereocenters. The van der Waals surface area contributed by atoms with Crippen molar-refractivity contribution in [3.8, 4) is 5.75 Å². The fraction of sp³-hybridized carbons (Fsp3) is 0.400. The second kappa shape index (κ2) is 8.65. The fourth-order valence-electron chi connectivity index (χ4n) is 3.08. The molecule has 0 saturated carbocycles. The number of hydrogen-bond acceptors (Lipinski definition) is 3. The average molecular weight is 389 g/mol. The Hall–Kier alpha value is -1.36. The van der Waals surface area contributed by atoms with Gasteiger partial charge in [0.25, 0.3) is 0 Å². The summed E-state index contributed by atoms with van der Waals surface area (Å²) in [5, 5.41) is 3.40. The van der Waals surface area contributed by atoms with Crippen molar-refractivity contribution in [1.29, 1.82) is 0 Å². The zero-order valence-corrected chi connectivity index (χ0v) is 15.8. The van der Waals surface area contributed by atoms with Crippen molar-refractivity contribution in [1.82, 2.24) is 10.2 Å². The van der Waals surface area contributed by atoms with Crippen LogP contribution in [0.15, 0.2) is 46.9 Å². The summed E-state index contributed by atoms with van der Waals surface area (Å²) in [5.41, 5.74) is 3.74. The molecule has 1 heterocycles. The van der Waals surface area contributed by atoms with E-state index in [0.717, 1.165) is 49.4 Å². The maximum absolute atomic E-state index is 6.04. The standard InChI is InChI=1S/C20H25BrN2O/c1-16-13-18(7-10-23-11-8-22-9-12-23)14-19(21)20(16)24-15-17-5-3-2-4-6-17/h2-6,13-14,22H,7-12,15H2,1H3. The van der Waals surface area contributed by atoms with Gasteiger partial charge in [-0.15, -0.1) is 0 Å². The number of halogens is 1. The van der Waals surface area contributed by atoms with Crippen molar-refractivity contribution < 1.29 is 4.74 Å². The molecular formula is C20H25BrN2O. The zero-order chi connectivity index (χ0) is 16.8. The Morgan fingerprint density at radius 3 is 2.54 bits per heavy atom. The van der Waals surface area contributed by atoms with Gasteiger partial charge in [0.05, 0.1) is 4.47 Å². The van der Waals surface area contributed by atoms with E-state index in [1.165, 1.54) is 16.7 Å². The molecule has 1 fully saturated rings. The van der Waals surface area contributed by atoms with Gasteiger partial charge < -0.3 is 15.0 Å². The molecule has 0 spiro atoms. The molecule has 0 aliphatic carbocycles. The third kappa shape index (κ3) is 4.82. The van der Waals surface area contributed by atoms with Crippen LogP contribution in [0.2, 0.25) is 0 Å². The topological polar surface area (TPSA) is 24.5 Å². The summed E-state index contributed by atoms with van der Waals surface area (Å²) < 4.78 is 7.09. The second-order valence-electron chi connectivity index (χ2n) is 6.34. The van der Waals surface area contributed by atoms with Crippen molar-refractivity contribution in [3.63, 3.8) is 0 Å². The first kappa shape index (κ1) is 17.5. The van der Waals surface area contributed by atoms with E-state index in [1.54, 1.807) is 0 Å². The number of rotatable bonds is 6. The number of aryl methyl sites for hydroxylation is 1. The third-order valence-electron chi connectivity index (χ3n) is 4.44. The van der Waals surface area contributed by atoms with E-state index in [1.807, 2.05) is 18.2 Å². The largest absolute Gasteiger partial charge is 0.487 e. The molecule has 1 aliphatic heterocycles. The molecule has 24 heavy (non-hydrogen) atoms. The van der Waals surface area contributed by atoms with Gasteiger partial charge in [0.1, 0.15) is 12.4 Å². The van der Waals surface area contributed by atoms with Crippen molar-refractivity contribution in [2.75, 3.05) is 32.7 Å². The second-order valence-corrected chi connectivity index (χ2v) is 7.19. The summed E-state index contributed by atoms with van der Waals surface area (Å²) in [5.74, 6) is 0.949. The van der Waals surface area contributed by atoms with Gasteiger partial charge in [-0.05, 0) is 52.0 Å². The van der Waals surface area contributed by atoms with Crippen molar-refractivity contribution in [3.05, 3.63) is 63.6 Å². The van der Waals surface area contributed by atoms with Gasteiger partial charge in [0.2, 0.25) is 0 Å². The van der Waals surface area contributed by atoms with Gasteiger partial charge in [-0.1, -0.05) is 36.4 Å². The van der Waals surface area contributed by atoms with Gasteiger partial charge in [-0.3, -0.25) is 0 Å². The molecule has 0 amide bonds. The van der Waals surface area contributed by atoms with Crippen molar-refractivity contribution >= 4 is 15.9 Å². The minimum Gasteiger partial charge on any atom is -0.487 e. The Kier molecular flexibility index (Phi) is 6.30. The van der Waals surface area contributed by atoms with E-state index in [2.05, 4.69) is 57.3 Å². The molecule has 1 saturated heterocycles. The van der Waals surface area contributed by atoms with Crippen LogP contribution >= 0.6 is 15.9 Å². The molecule has 2 aromatic carbocycles. The van der Waals surface area contributed by atoms with Gasteiger partial charge >= 0.3 is 0 Å². The monoisotopic (exact) mass is 388 g/mol. The molecule has 3 rings (SSSR count). The predicted octanol–water partition coefficient (Wildman–Crippen LogP) is 3.78. The molecule has 1 aliphatic rings. The van der Waals surface area contributed by atoms with Crippen LogP contribution in [0.5, 0.6) is 5.75 Å². The maximum atomic E-state index is 6.04. The lowest BCUT2D eigenvalue weighted by Gasteiger charge is -2.27. The highest BCUT2D eigenvalue weighted by atomic mass is 79.9. The predicted molar refractivity (Wildman–Crippen MR) is 103 cm³/mol. The Morgan fingerprint density at radius 2 is 1.83 bits per heavy atom. The van der Waals surface area contributed by atoms with Crippen LogP contribution in [0.25, 0.3) is 0 Å². The van der Waals surface area contributed by atoms with Gasteiger partial charge in [-0.2, -0.15) is 0 Å². The number of piperazine rings is 1. The summed E-state index contributed by atoms with van der Waals surface area (Å²) in [6.07, 6.45) is 1.08. The van der Waals surface area contributed by atoms with E-state index in [4.69, 9.17) is 4.74 Å². The van der Waals surface area contributed by atoms with Gasteiger partial charge in [0, 0.05) is 32.7 Å². The minimum absolute atomic E-state index is 0.598. The summed E-state index contributed by atoms with van der Waals surface area (Å²) in [7, 11) is 0. The smallest absolute Gasteiger partial charge is 0.136 e. The van der Waals surface area contributed by atoms with Gasteiger partial charge in [-0.25, -0.2) is 0 Å². The molecule has 1 N–H and O–H groups in total. The summed E-state index contributed by atoms with van der Waals surface area (Å²) in [6, 6.07) is 14.7. The molecule has 0 aromatic heterocycles. The first-order chi connectivity index (χ1) is 11.7. The molecule has 128 valence electrons. The average Bonchev–Trinajstić information content (AvgIpc) is 2.61. The molecular weight excluding hydrogens is 364 g/mol. The molecule has 0 unspecified atom stereocenters. The highest BCUT2D eigenvalue weighted by molar-refractivity contribution is 9.10. The highest BCUT2D eigenvalue weighted by Crippen LogP contribution is 2.31. The fourth-order valence-corrected chi connectivity index (χ4v) is 3.80. The molecule has 2 aromatic rings. The SMILES string of the molecule is Cc1cc(CCN2CCNCC2)cc(Br)c1OCc1ccccc1. The lowest BCUT2D eigenvalue weighted by molar-refractivity contribution is 0.244. The van der Waals surface area contributed by atoms with Crippen LogP contribution < -0.4 is 10.1 Å². The van der Waals surface area contributed by atoms with E-state index < -0.39 is 0 Å².